The molecular formula is C11H15ClN2O2. The summed E-state index contributed by atoms with van der Waals surface area (Å²) in [5, 5.41) is 0.370. The molecule has 0 atom stereocenters. The fraction of sp³-hybridized carbons (Fsp3) is 0.364. The number of anilines is 1. The summed E-state index contributed by atoms with van der Waals surface area (Å²) in [6.45, 7) is 0.979. The SMILES string of the molecule is COCCN(C)C(=O)c1c(N)cccc1Cl. The Hall–Kier alpha value is -1.26. The van der Waals surface area contributed by atoms with Crippen LogP contribution < -0.4 is 5.73 Å². The van der Waals surface area contributed by atoms with Gasteiger partial charge in [-0.05, 0) is 12.1 Å². The fourth-order valence-corrected chi connectivity index (χ4v) is 1.55. The lowest BCUT2D eigenvalue weighted by atomic mass is 10.1. The van der Waals surface area contributed by atoms with Crippen LogP contribution in [0, 0.1) is 0 Å². The lowest BCUT2D eigenvalue weighted by Crippen LogP contribution is -2.30. The molecule has 0 aromatic heterocycles. The van der Waals surface area contributed by atoms with E-state index in [0.717, 1.165) is 0 Å². The van der Waals surface area contributed by atoms with Gasteiger partial charge in [0.05, 0.1) is 17.2 Å². The Balaban J connectivity index is 2.87. The second kappa shape index (κ2) is 5.72. The van der Waals surface area contributed by atoms with Crippen LogP contribution >= 0.6 is 11.6 Å². The van der Waals surface area contributed by atoms with Crippen LogP contribution in [0.25, 0.3) is 0 Å². The van der Waals surface area contributed by atoms with E-state index < -0.39 is 0 Å². The number of rotatable bonds is 4. The number of halogens is 1. The van der Waals surface area contributed by atoms with E-state index in [4.69, 9.17) is 22.1 Å². The van der Waals surface area contributed by atoms with E-state index in [2.05, 4.69) is 0 Å². The molecule has 1 amide bonds. The Bertz CT molecular complexity index is 362. The quantitative estimate of drug-likeness (QED) is 0.817. The van der Waals surface area contributed by atoms with Gasteiger partial charge in [0.2, 0.25) is 0 Å². The molecule has 0 saturated heterocycles. The molecule has 5 heteroatoms. The number of nitrogen functional groups attached to an aromatic ring is 1. The van der Waals surface area contributed by atoms with Crippen LogP contribution in [0.5, 0.6) is 0 Å². The minimum absolute atomic E-state index is 0.194. The van der Waals surface area contributed by atoms with Gasteiger partial charge in [0.25, 0.3) is 5.91 Å². The van der Waals surface area contributed by atoms with Gasteiger partial charge in [-0.15, -0.1) is 0 Å². The van der Waals surface area contributed by atoms with Gasteiger partial charge >= 0.3 is 0 Å². The van der Waals surface area contributed by atoms with E-state index >= 15 is 0 Å². The molecule has 1 rings (SSSR count). The number of amides is 1. The molecule has 0 unspecified atom stereocenters. The molecule has 0 heterocycles. The minimum Gasteiger partial charge on any atom is -0.398 e. The van der Waals surface area contributed by atoms with Crippen LogP contribution in [-0.4, -0.2) is 38.1 Å². The maximum atomic E-state index is 12.0. The van der Waals surface area contributed by atoms with Gasteiger partial charge in [-0.25, -0.2) is 0 Å². The van der Waals surface area contributed by atoms with Crippen molar-refractivity contribution in [3.05, 3.63) is 28.8 Å². The van der Waals surface area contributed by atoms with Gasteiger partial charge in [0.15, 0.2) is 0 Å². The first-order chi connectivity index (χ1) is 7.57. The second-order valence-corrected chi connectivity index (χ2v) is 3.83. The smallest absolute Gasteiger partial charge is 0.257 e. The highest BCUT2D eigenvalue weighted by Gasteiger charge is 2.17. The molecule has 0 aliphatic heterocycles. The topological polar surface area (TPSA) is 55.6 Å². The maximum Gasteiger partial charge on any atom is 0.257 e. The Labute approximate surface area is 99.9 Å². The summed E-state index contributed by atoms with van der Waals surface area (Å²) in [6.07, 6.45) is 0. The van der Waals surface area contributed by atoms with Crippen molar-refractivity contribution in [3.63, 3.8) is 0 Å². The van der Waals surface area contributed by atoms with Gasteiger partial charge < -0.3 is 15.4 Å². The maximum absolute atomic E-state index is 12.0. The third-order valence-corrected chi connectivity index (χ3v) is 2.55. The minimum atomic E-state index is -0.194. The van der Waals surface area contributed by atoms with Crippen LogP contribution in [-0.2, 0) is 4.74 Å². The number of nitrogens with two attached hydrogens (primary N) is 1. The van der Waals surface area contributed by atoms with Crippen LogP contribution in [0.2, 0.25) is 5.02 Å². The molecular weight excluding hydrogens is 228 g/mol. The molecule has 0 saturated carbocycles. The molecule has 0 aliphatic rings. The predicted octanol–water partition coefficient (Wildman–Crippen LogP) is 1.64. The van der Waals surface area contributed by atoms with E-state index in [1.54, 1.807) is 32.4 Å². The van der Waals surface area contributed by atoms with Gasteiger partial charge in [-0.1, -0.05) is 17.7 Å². The average Bonchev–Trinajstić information content (AvgIpc) is 2.25. The van der Waals surface area contributed by atoms with Crippen molar-refractivity contribution < 1.29 is 9.53 Å². The molecule has 16 heavy (non-hydrogen) atoms. The molecule has 2 N–H and O–H groups in total. The summed E-state index contributed by atoms with van der Waals surface area (Å²) >= 11 is 5.94. The van der Waals surface area contributed by atoms with Crippen molar-refractivity contribution in [1.82, 2.24) is 4.90 Å². The Kier molecular flexibility index (Phi) is 4.58. The summed E-state index contributed by atoms with van der Waals surface area (Å²) < 4.78 is 4.90. The first kappa shape index (κ1) is 12.8. The number of carbonyl (C=O) groups excluding carboxylic acids is 1. The van der Waals surface area contributed by atoms with E-state index in [1.165, 1.54) is 4.90 Å². The summed E-state index contributed by atoms with van der Waals surface area (Å²) in [6, 6.07) is 5.02. The van der Waals surface area contributed by atoms with Crippen molar-refractivity contribution in [1.29, 1.82) is 0 Å². The number of carbonyl (C=O) groups is 1. The largest absolute Gasteiger partial charge is 0.398 e. The number of ether oxygens (including phenoxy) is 1. The number of benzene rings is 1. The monoisotopic (exact) mass is 242 g/mol. The molecule has 4 nitrogen and oxygen atoms in total. The highest BCUT2D eigenvalue weighted by atomic mass is 35.5. The van der Waals surface area contributed by atoms with Gasteiger partial charge in [0, 0.05) is 26.4 Å². The molecule has 0 bridgehead atoms. The third-order valence-electron chi connectivity index (χ3n) is 2.24. The van der Waals surface area contributed by atoms with E-state index in [9.17, 15) is 4.79 Å². The van der Waals surface area contributed by atoms with Crippen molar-refractivity contribution in [2.45, 2.75) is 0 Å². The normalized spacial score (nSPS) is 10.2. The van der Waals surface area contributed by atoms with E-state index in [0.29, 0.717) is 29.4 Å². The van der Waals surface area contributed by atoms with Gasteiger partial charge in [-0.2, -0.15) is 0 Å². The number of likely N-dealkylation sites (N-methyl/N-ethyl adjacent to an activating group) is 1. The molecule has 0 fully saturated rings. The van der Waals surface area contributed by atoms with E-state index in [1.807, 2.05) is 0 Å². The Morgan fingerprint density at radius 3 is 2.81 bits per heavy atom. The molecule has 0 radical (unpaired) electrons. The third kappa shape index (κ3) is 2.87. The summed E-state index contributed by atoms with van der Waals surface area (Å²) in [5.41, 5.74) is 6.47. The molecule has 1 aromatic carbocycles. The predicted molar refractivity (Wildman–Crippen MR) is 64.7 cm³/mol. The zero-order chi connectivity index (χ0) is 12.1. The summed E-state index contributed by atoms with van der Waals surface area (Å²) in [4.78, 5) is 13.5. The van der Waals surface area contributed by atoms with Crippen molar-refractivity contribution >= 4 is 23.2 Å². The van der Waals surface area contributed by atoms with Crippen LogP contribution in [0.4, 0.5) is 5.69 Å². The van der Waals surface area contributed by atoms with Gasteiger partial charge in [0.1, 0.15) is 0 Å². The fourth-order valence-electron chi connectivity index (χ4n) is 1.29. The molecule has 0 aliphatic carbocycles. The molecule has 1 aromatic rings. The average molecular weight is 243 g/mol. The number of hydrogen-bond acceptors (Lipinski definition) is 3. The van der Waals surface area contributed by atoms with E-state index in [-0.39, 0.29) is 5.91 Å². The second-order valence-electron chi connectivity index (χ2n) is 3.42. The zero-order valence-corrected chi connectivity index (χ0v) is 10.1. The van der Waals surface area contributed by atoms with Crippen molar-refractivity contribution in [2.24, 2.45) is 0 Å². The van der Waals surface area contributed by atoms with Crippen LogP contribution in [0.3, 0.4) is 0 Å². The standard InChI is InChI=1S/C11H15ClN2O2/c1-14(6-7-16-2)11(15)10-8(12)4-3-5-9(10)13/h3-5H,6-7,13H2,1-2H3. The van der Waals surface area contributed by atoms with Crippen LogP contribution in [0.15, 0.2) is 18.2 Å². The highest BCUT2D eigenvalue weighted by Crippen LogP contribution is 2.23. The lowest BCUT2D eigenvalue weighted by Gasteiger charge is -2.18. The lowest BCUT2D eigenvalue weighted by molar-refractivity contribution is 0.0745. The highest BCUT2D eigenvalue weighted by molar-refractivity contribution is 6.34. The first-order valence-electron chi connectivity index (χ1n) is 4.86. The first-order valence-corrected chi connectivity index (χ1v) is 5.24. The van der Waals surface area contributed by atoms with Gasteiger partial charge in [-0.3, -0.25) is 4.79 Å². The van der Waals surface area contributed by atoms with Crippen LogP contribution in [0.1, 0.15) is 10.4 Å². The number of hydrogen-bond donors (Lipinski definition) is 1. The number of nitrogens with zero attached hydrogens (tertiary/aromatic N) is 1. The molecule has 0 spiro atoms. The van der Waals surface area contributed by atoms with Crippen molar-refractivity contribution in [3.8, 4) is 0 Å². The Morgan fingerprint density at radius 2 is 2.25 bits per heavy atom. The Morgan fingerprint density at radius 1 is 1.56 bits per heavy atom. The number of methoxy groups -OCH3 is 1. The summed E-state index contributed by atoms with van der Waals surface area (Å²) in [5.74, 6) is -0.194. The molecule has 88 valence electrons. The summed E-state index contributed by atoms with van der Waals surface area (Å²) in [7, 11) is 3.27. The zero-order valence-electron chi connectivity index (χ0n) is 9.37. The van der Waals surface area contributed by atoms with Crippen molar-refractivity contribution in [2.75, 3.05) is 33.0 Å².